The highest BCUT2D eigenvalue weighted by Gasteiger charge is 2.29. The van der Waals surface area contributed by atoms with Gasteiger partial charge in [-0.15, -0.1) is 0 Å². The molecule has 1 heterocycles. The van der Waals surface area contributed by atoms with Gasteiger partial charge in [0.2, 0.25) is 0 Å². The summed E-state index contributed by atoms with van der Waals surface area (Å²) in [5.74, 6) is 0.0480. The van der Waals surface area contributed by atoms with Crippen LogP contribution in [0.5, 0.6) is 11.5 Å². The molecule has 1 atom stereocenters. The summed E-state index contributed by atoms with van der Waals surface area (Å²) in [6, 6.07) is 19.3. The van der Waals surface area contributed by atoms with Gasteiger partial charge in [0.1, 0.15) is 19.8 Å². The molecule has 2 N–H and O–H groups in total. The van der Waals surface area contributed by atoms with Gasteiger partial charge >= 0.3 is 12.1 Å². The van der Waals surface area contributed by atoms with Crippen LogP contribution in [0.1, 0.15) is 35.4 Å². The number of fused-ring (bicyclic) bond motifs is 4. The molecule has 0 bridgehead atoms. The second kappa shape index (κ2) is 10.5. The summed E-state index contributed by atoms with van der Waals surface area (Å²) in [5.41, 5.74) is 5.35. The lowest BCUT2D eigenvalue weighted by Gasteiger charge is -2.22. The van der Waals surface area contributed by atoms with Gasteiger partial charge in [-0.2, -0.15) is 0 Å². The first-order valence-corrected chi connectivity index (χ1v) is 12.3. The van der Waals surface area contributed by atoms with Gasteiger partial charge in [0, 0.05) is 18.4 Å². The Labute approximate surface area is 213 Å². The number of nitrogens with one attached hydrogen (secondary N) is 1. The Hall–Kier alpha value is -3.71. The zero-order valence-electron chi connectivity index (χ0n) is 19.5. The fourth-order valence-corrected chi connectivity index (χ4v) is 5.18. The molecule has 0 aromatic heterocycles. The minimum Gasteiger partial charge on any atom is -0.486 e. The van der Waals surface area contributed by atoms with Crippen molar-refractivity contribution in [3.8, 4) is 22.6 Å². The van der Waals surface area contributed by atoms with Gasteiger partial charge in [-0.1, -0.05) is 60.1 Å². The average molecular weight is 508 g/mol. The molecule has 3 aromatic carbocycles. The molecule has 1 unspecified atom stereocenters. The zero-order chi connectivity index (χ0) is 25.1. The molecule has 1 aliphatic heterocycles. The summed E-state index contributed by atoms with van der Waals surface area (Å²) >= 11 is 6.36. The first-order valence-electron chi connectivity index (χ1n) is 11.9. The Morgan fingerprint density at radius 3 is 2.39 bits per heavy atom. The maximum atomic E-state index is 12.8. The van der Waals surface area contributed by atoms with E-state index in [0.29, 0.717) is 36.2 Å². The second-order valence-corrected chi connectivity index (χ2v) is 9.31. The van der Waals surface area contributed by atoms with E-state index >= 15 is 0 Å². The molecule has 0 spiro atoms. The summed E-state index contributed by atoms with van der Waals surface area (Å²) in [6.45, 7) is 1.03. The smallest absolute Gasteiger partial charge is 0.407 e. The summed E-state index contributed by atoms with van der Waals surface area (Å²) in [4.78, 5) is 24.0. The molecule has 186 valence electrons. The van der Waals surface area contributed by atoms with Crippen molar-refractivity contribution in [2.24, 2.45) is 0 Å². The van der Waals surface area contributed by atoms with Crippen LogP contribution in [0, 0.1) is 0 Å². The van der Waals surface area contributed by atoms with E-state index in [9.17, 15) is 14.7 Å². The van der Waals surface area contributed by atoms with Crippen molar-refractivity contribution in [2.45, 2.75) is 31.2 Å². The molecule has 0 fully saturated rings. The summed E-state index contributed by atoms with van der Waals surface area (Å²) in [5, 5.41) is 12.5. The molecule has 3 aromatic rings. The molecule has 2 aliphatic rings. The van der Waals surface area contributed by atoms with E-state index < -0.39 is 18.1 Å². The summed E-state index contributed by atoms with van der Waals surface area (Å²) < 4.78 is 16.9. The van der Waals surface area contributed by atoms with Crippen molar-refractivity contribution in [1.82, 2.24) is 5.32 Å². The van der Waals surface area contributed by atoms with Crippen molar-refractivity contribution in [2.75, 3.05) is 19.8 Å². The standard InChI is InChI=1S/C28H26ClNO6/c29-24-14-17(15-25-27(24)35-12-11-34-25)13-18(9-10-26(31)32)30-28(33)36-16-23-21-7-3-1-5-19(21)20-6-2-4-8-22(20)23/h1-8,14-15,18,23H,9-13,16H2,(H,30,33)(H,31,32). The molecule has 0 saturated carbocycles. The molecule has 1 aliphatic carbocycles. The highest BCUT2D eigenvalue weighted by Crippen LogP contribution is 2.44. The van der Waals surface area contributed by atoms with E-state index in [1.807, 2.05) is 30.3 Å². The SMILES string of the molecule is O=C(O)CCC(Cc1cc(Cl)c2c(c1)OCCO2)NC(=O)OCC1c2ccccc2-c2ccccc21. The van der Waals surface area contributed by atoms with Gasteiger partial charge in [-0.05, 0) is 52.8 Å². The van der Waals surface area contributed by atoms with Gasteiger partial charge in [-0.3, -0.25) is 4.79 Å². The van der Waals surface area contributed by atoms with E-state index in [0.717, 1.165) is 27.8 Å². The third-order valence-corrected chi connectivity index (χ3v) is 6.79. The lowest BCUT2D eigenvalue weighted by molar-refractivity contribution is -0.137. The van der Waals surface area contributed by atoms with Crippen molar-refractivity contribution in [3.05, 3.63) is 82.4 Å². The third kappa shape index (κ3) is 5.11. The van der Waals surface area contributed by atoms with Crippen LogP contribution in [0.2, 0.25) is 5.02 Å². The number of amides is 1. The molecule has 7 nitrogen and oxygen atoms in total. The summed E-state index contributed by atoms with van der Waals surface area (Å²) in [7, 11) is 0. The first kappa shape index (κ1) is 24.0. The van der Waals surface area contributed by atoms with Crippen LogP contribution >= 0.6 is 11.6 Å². The second-order valence-electron chi connectivity index (χ2n) is 8.91. The number of halogens is 1. The number of alkyl carbamates (subject to hydrolysis) is 1. The lowest BCUT2D eigenvalue weighted by Crippen LogP contribution is -2.38. The minimum atomic E-state index is -0.936. The number of carbonyl (C=O) groups excluding carboxylic acids is 1. The molecular weight excluding hydrogens is 482 g/mol. The number of ether oxygens (including phenoxy) is 3. The van der Waals surface area contributed by atoms with Crippen molar-refractivity contribution >= 4 is 23.7 Å². The van der Waals surface area contributed by atoms with Crippen LogP contribution in [0.15, 0.2) is 60.7 Å². The lowest BCUT2D eigenvalue weighted by atomic mass is 9.98. The van der Waals surface area contributed by atoms with Crippen molar-refractivity contribution in [1.29, 1.82) is 0 Å². The Morgan fingerprint density at radius 1 is 1.03 bits per heavy atom. The van der Waals surface area contributed by atoms with Gasteiger partial charge in [0.15, 0.2) is 11.5 Å². The third-order valence-electron chi connectivity index (χ3n) is 6.51. The minimum absolute atomic E-state index is 0.0581. The van der Waals surface area contributed by atoms with Crippen molar-refractivity contribution in [3.63, 3.8) is 0 Å². The molecule has 0 radical (unpaired) electrons. The van der Waals surface area contributed by atoms with Crippen LogP contribution in [0.4, 0.5) is 4.79 Å². The fourth-order valence-electron chi connectivity index (χ4n) is 4.90. The maximum absolute atomic E-state index is 12.8. The Bertz CT molecular complexity index is 1250. The quantitative estimate of drug-likeness (QED) is 0.422. The maximum Gasteiger partial charge on any atom is 0.407 e. The Balaban J connectivity index is 1.27. The van der Waals surface area contributed by atoms with Crippen LogP contribution in [-0.2, 0) is 16.0 Å². The van der Waals surface area contributed by atoms with Crippen LogP contribution in [-0.4, -0.2) is 43.0 Å². The molecule has 5 rings (SSSR count). The number of aliphatic carboxylic acids is 1. The predicted octanol–water partition coefficient (Wildman–Crippen LogP) is 5.43. The van der Waals surface area contributed by atoms with E-state index in [4.69, 9.17) is 25.8 Å². The summed E-state index contributed by atoms with van der Waals surface area (Å²) in [6.07, 6.45) is -0.0673. The number of carboxylic acids is 1. The average Bonchev–Trinajstić information content (AvgIpc) is 3.20. The Morgan fingerprint density at radius 2 is 1.69 bits per heavy atom. The van der Waals surface area contributed by atoms with E-state index in [2.05, 4.69) is 29.6 Å². The largest absolute Gasteiger partial charge is 0.486 e. The van der Waals surface area contributed by atoms with Crippen molar-refractivity contribution < 1.29 is 28.9 Å². The van der Waals surface area contributed by atoms with Gasteiger partial charge in [-0.25, -0.2) is 4.79 Å². The highest BCUT2D eigenvalue weighted by molar-refractivity contribution is 6.32. The molecule has 36 heavy (non-hydrogen) atoms. The van der Waals surface area contributed by atoms with E-state index in [1.54, 1.807) is 6.07 Å². The number of hydrogen-bond donors (Lipinski definition) is 2. The van der Waals surface area contributed by atoms with Crippen LogP contribution in [0.25, 0.3) is 11.1 Å². The highest BCUT2D eigenvalue weighted by atomic mass is 35.5. The van der Waals surface area contributed by atoms with Gasteiger partial charge in [0.25, 0.3) is 0 Å². The molecule has 8 heteroatoms. The first-order chi connectivity index (χ1) is 17.5. The van der Waals surface area contributed by atoms with Crippen LogP contribution < -0.4 is 14.8 Å². The van der Waals surface area contributed by atoms with Gasteiger partial charge in [0.05, 0.1) is 5.02 Å². The van der Waals surface area contributed by atoms with E-state index in [-0.39, 0.29) is 25.4 Å². The number of carbonyl (C=O) groups is 2. The number of rotatable bonds is 8. The Kier molecular flexibility index (Phi) is 7.00. The number of carboxylic acid groups (broad SMARTS) is 1. The number of hydrogen-bond acceptors (Lipinski definition) is 5. The predicted molar refractivity (Wildman–Crippen MR) is 135 cm³/mol. The van der Waals surface area contributed by atoms with Gasteiger partial charge < -0.3 is 24.6 Å². The molecule has 1 amide bonds. The monoisotopic (exact) mass is 507 g/mol. The van der Waals surface area contributed by atoms with E-state index in [1.165, 1.54) is 0 Å². The van der Waals surface area contributed by atoms with Crippen LogP contribution in [0.3, 0.4) is 0 Å². The topological polar surface area (TPSA) is 94.1 Å². The zero-order valence-corrected chi connectivity index (χ0v) is 20.3. The molecular formula is C28H26ClNO6. The molecule has 0 saturated heterocycles. The normalized spacial score (nSPS) is 14.5. The number of benzene rings is 3. The fraction of sp³-hybridized carbons (Fsp3) is 0.286.